The molecule has 0 atom stereocenters. The second kappa shape index (κ2) is 12.5. The minimum Gasteiger partial charge on any atom is -0.370 e. The van der Waals surface area contributed by atoms with Crippen molar-refractivity contribution in [2.45, 2.75) is 33.9 Å². The maximum Gasteiger partial charge on any atom is 0.319 e. The van der Waals surface area contributed by atoms with Crippen molar-refractivity contribution in [1.29, 1.82) is 0 Å². The summed E-state index contributed by atoms with van der Waals surface area (Å²) in [7, 11) is 0. The summed E-state index contributed by atoms with van der Waals surface area (Å²) in [6.07, 6.45) is 2.62. The molecule has 0 radical (unpaired) electrons. The number of nitrogens with zero attached hydrogens (tertiary/aromatic N) is 4. The highest BCUT2D eigenvalue weighted by molar-refractivity contribution is 14.0. The number of hydrogen-bond acceptors (Lipinski definition) is 3. The summed E-state index contributed by atoms with van der Waals surface area (Å²) in [5, 5.41) is 6.38. The Hall–Kier alpha value is -1.91. The highest BCUT2D eigenvalue weighted by Gasteiger charge is 2.11. The summed E-state index contributed by atoms with van der Waals surface area (Å²) in [6, 6.07) is 8.39. The van der Waals surface area contributed by atoms with Gasteiger partial charge in [0, 0.05) is 44.3 Å². The quantitative estimate of drug-likeness (QED) is 0.309. The zero-order valence-corrected chi connectivity index (χ0v) is 18.9. The van der Waals surface area contributed by atoms with Gasteiger partial charge in [-0.15, -0.1) is 24.0 Å². The standard InChI is InChI=1S/C19H28F2N6.HI/c1-4-22-19(25-14-17-23-10-12-27(17)18(20)21)24-9-11-26(5-2)16-8-6-7-15(3)13-16;/h6-8,10,12-13,18H,4-5,9,11,14H2,1-3H3,(H2,22,24,25);1H. The molecule has 0 aliphatic carbocycles. The summed E-state index contributed by atoms with van der Waals surface area (Å²) < 4.78 is 26.6. The Morgan fingerprint density at radius 1 is 1.29 bits per heavy atom. The topological polar surface area (TPSA) is 57.5 Å². The molecule has 1 heterocycles. The predicted molar refractivity (Wildman–Crippen MR) is 121 cm³/mol. The van der Waals surface area contributed by atoms with Crippen LogP contribution in [0.1, 0.15) is 31.8 Å². The van der Waals surface area contributed by atoms with Gasteiger partial charge in [0.2, 0.25) is 0 Å². The molecule has 156 valence electrons. The number of benzene rings is 1. The SMILES string of the molecule is CCNC(=NCc1nccn1C(F)F)NCCN(CC)c1cccc(C)c1.I. The lowest BCUT2D eigenvalue weighted by Crippen LogP contribution is -2.41. The Kier molecular flexibility index (Phi) is 10.8. The van der Waals surface area contributed by atoms with Crippen LogP contribution in [0.15, 0.2) is 41.7 Å². The van der Waals surface area contributed by atoms with E-state index in [0.717, 1.165) is 17.7 Å². The molecule has 2 rings (SSSR count). The van der Waals surface area contributed by atoms with Crippen LogP contribution in [0.2, 0.25) is 0 Å². The number of guanidine groups is 1. The van der Waals surface area contributed by atoms with Crippen LogP contribution in [-0.4, -0.2) is 41.7 Å². The highest BCUT2D eigenvalue weighted by atomic mass is 127. The third-order valence-corrected chi connectivity index (χ3v) is 4.10. The normalized spacial score (nSPS) is 11.3. The molecule has 0 aliphatic rings. The van der Waals surface area contributed by atoms with E-state index in [9.17, 15) is 8.78 Å². The zero-order valence-electron chi connectivity index (χ0n) is 16.5. The number of halogens is 3. The average Bonchev–Trinajstić information content (AvgIpc) is 3.12. The fraction of sp³-hybridized carbons (Fsp3) is 0.474. The summed E-state index contributed by atoms with van der Waals surface area (Å²) in [5.74, 6) is 0.818. The molecular weight excluding hydrogens is 477 g/mol. The van der Waals surface area contributed by atoms with Crippen LogP contribution in [0.25, 0.3) is 0 Å². The Bertz CT molecular complexity index is 735. The molecule has 0 bridgehead atoms. The van der Waals surface area contributed by atoms with Crippen LogP contribution < -0.4 is 15.5 Å². The molecule has 2 N–H and O–H groups in total. The number of aromatic nitrogens is 2. The molecule has 0 spiro atoms. The molecular formula is C19H29F2IN6. The van der Waals surface area contributed by atoms with Crippen molar-refractivity contribution in [2.75, 3.05) is 31.1 Å². The maximum absolute atomic E-state index is 12.9. The van der Waals surface area contributed by atoms with Gasteiger partial charge in [-0.05, 0) is 38.5 Å². The summed E-state index contributed by atoms with van der Waals surface area (Å²) in [4.78, 5) is 10.6. The van der Waals surface area contributed by atoms with Gasteiger partial charge in [0.25, 0.3) is 0 Å². The van der Waals surface area contributed by atoms with Crippen molar-refractivity contribution in [2.24, 2.45) is 4.99 Å². The minimum absolute atomic E-state index is 0. The van der Waals surface area contributed by atoms with E-state index < -0.39 is 6.55 Å². The first-order valence-corrected chi connectivity index (χ1v) is 9.18. The molecule has 1 aromatic carbocycles. The molecule has 0 unspecified atom stereocenters. The predicted octanol–water partition coefficient (Wildman–Crippen LogP) is 3.79. The van der Waals surface area contributed by atoms with Crippen molar-refractivity contribution in [3.63, 3.8) is 0 Å². The third kappa shape index (κ3) is 7.25. The van der Waals surface area contributed by atoms with Crippen molar-refractivity contribution < 1.29 is 8.78 Å². The Balaban J connectivity index is 0.00000392. The van der Waals surface area contributed by atoms with E-state index in [1.54, 1.807) is 0 Å². The van der Waals surface area contributed by atoms with Crippen LogP contribution in [0.3, 0.4) is 0 Å². The first-order valence-electron chi connectivity index (χ1n) is 9.18. The van der Waals surface area contributed by atoms with E-state index in [2.05, 4.69) is 63.6 Å². The van der Waals surface area contributed by atoms with E-state index in [-0.39, 0.29) is 36.3 Å². The average molecular weight is 506 g/mol. The molecule has 0 amide bonds. The van der Waals surface area contributed by atoms with Crippen LogP contribution in [0.4, 0.5) is 14.5 Å². The van der Waals surface area contributed by atoms with E-state index in [1.807, 2.05) is 6.92 Å². The number of imidazole rings is 1. The number of likely N-dealkylation sites (N-methyl/N-ethyl adjacent to an activating group) is 1. The minimum atomic E-state index is -2.61. The molecule has 1 aromatic heterocycles. The summed E-state index contributed by atoms with van der Waals surface area (Å²) in [6.45, 7) is 6.69. The van der Waals surface area contributed by atoms with Crippen molar-refractivity contribution in [3.8, 4) is 0 Å². The summed E-state index contributed by atoms with van der Waals surface area (Å²) in [5.41, 5.74) is 2.41. The van der Waals surface area contributed by atoms with Crippen molar-refractivity contribution in [1.82, 2.24) is 20.2 Å². The molecule has 0 aliphatic heterocycles. The molecule has 0 saturated heterocycles. The largest absolute Gasteiger partial charge is 0.370 e. The Morgan fingerprint density at radius 3 is 2.71 bits per heavy atom. The van der Waals surface area contributed by atoms with Gasteiger partial charge in [0.1, 0.15) is 12.4 Å². The fourth-order valence-electron chi connectivity index (χ4n) is 2.74. The first-order chi connectivity index (χ1) is 13.0. The molecule has 0 fully saturated rings. The van der Waals surface area contributed by atoms with Gasteiger partial charge in [-0.3, -0.25) is 4.57 Å². The highest BCUT2D eigenvalue weighted by Crippen LogP contribution is 2.15. The maximum atomic E-state index is 12.9. The third-order valence-electron chi connectivity index (χ3n) is 4.10. The van der Waals surface area contributed by atoms with Gasteiger partial charge in [-0.25, -0.2) is 9.98 Å². The molecule has 9 heteroatoms. The van der Waals surface area contributed by atoms with E-state index in [4.69, 9.17) is 0 Å². The van der Waals surface area contributed by atoms with Gasteiger partial charge < -0.3 is 15.5 Å². The van der Waals surface area contributed by atoms with E-state index in [0.29, 0.717) is 19.0 Å². The van der Waals surface area contributed by atoms with Gasteiger partial charge in [0.15, 0.2) is 5.96 Å². The monoisotopic (exact) mass is 506 g/mol. The lowest BCUT2D eigenvalue weighted by Gasteiger charge is -2.24. The summed E-state index contributed by atoms with van der Waals surface area (Å²) >= 11 is 0. The van der Waals surface area contributed by atoms with Gasteiger partial charge in [-0.1, -0.05) is 12.1 Å². The van der Waals surface area contributed by atoms with Crippen LogP contribution in [0.5, 0.6) is 0 Å². The number of anilines is 1. The number of aryl methyl sites for hydroxylation is 1. The number of nitrogens with one attached hydrogen (secondary N) is 2. The Morgan fingerprint density at radius 2 is 2.07 bits per heavy atom. The molecule has 28 heavy (non-hydrogen) atoms. The van der Waals surface area contributed by atoms with Crippen LogP contribution in [0, 0.1) is 6.92 Å². The van der Waals surface area contributed by atoms with Gasteiger partial charge >= 0.3 is 6.55 Å². The van der Waals surface area contributed by atoms with Crippen molar-refractivity contribution >= 4 is 35.6 Å². The second-order valence-electron chi connectivity index (χ2n) is 6.07. The lowest BCUT2D eigenvalue weighted by molar-refractivity contribution is 0.0671. The van der Waals surface area contributed by atoms with Gasteiger partial charge in [-0.2, -0.15) is 8.78 Å². The lowest BCUT2D eigenvalue weighted by atomic mass is 10.2. The van der Waals surface area contributed by atoms with E-state index >= 15 is 0 Å². The van der Waals surface area contributed by atoms with Crippen LogP contribution >= 0.6 is 24.0 Å². The van der Waals surface area contributed by atoms with Crippen molar-refractivity contribution in [3.05, 3.63) is 48.0 Å². The molecule has 2 aromatic rings. The number of hydrogen-bond donors (Lipinski definition) is 2. The smallest absolute Gasteiger partial charge is 0.319 e. The second-order valence-corrected chi connectivity index (χ2v) is 6.07. The fourth-order valence-corrected chi connectivity index (χ4v) is 2.74. The van der Waals surface area contributed by atoms with Crippen LogP contribution in [-0.2, 0) is 6.54 Å². The molecule has 6 nitrogen and oxygen atoms in total. The van der Waals surface area contributed by atoms with E-state index in [1.165, 1.54) is 23.6 Å². The first kappa shape index (κ1) is 24.1. The molecule has 0 saturated carbocycles. The number of alkyl halides is 2. The zero-order chi connectivity index (χ0) is 19.6. The van der Waals surface area contributed by atoms with Gasteiger partial charge in [0.05, 0.1) is 0 Å². The number of aliphatic imine (C=N–C) groups is 1. The Labute approximate surface area is 182 Å². The number of rotatable bonds is 9.